The van der Waals surface area contributed by atoms with Gasteiger partial charge in [-0.1, -0.05) is 25.1 Å². The van der Waals surface area contributed by atoms with E-state index in [1.807, 2.05) is 51.1 Å². The molecular formula is C25H33N3O4S. The minimum Gasteiger partial charge on any atom is -0.349 e. The molecule has 1 heterocycles. The third kappa shape index (κ3) is 6.00. The maximum absolute atomic E-state index is 13.0. The van der Waals surface area contributed by atoms with E-state index >= 15 is 0 Å². The number of carbonyl (C=O) groups is 2. The molecule has 3 rings (SSSR count). The van der Waals surface area contributed by atoms with E-state index in [2.05, 4.69) is 10.6 Å². The number of benzene rings is 2. The minimum atomic E-state index is -3.56. The van der Waals surface area contributed by atoms with Crippen molar-refractivity contribution >= 4 is 27.5 Å². The van der Waals surface area contributed by atoms with Gasteiger partial charge in [0.15, 0.2) is 0 Å². The SMILES string of the molecule is CCC(=O)Nc1ccc(C(C)NC(=O)C2CCN(S(=O)(=O)c3ccc(C)c(C)c3)CC2)cc1. The van der Waals surface area contributed by atoms with Crippen LogP contribution in [-0.2, 0) is 19.6 Å². The maximum atomic E-state index is 13.0. The van der Waals surface area contributed by atoms with Crippen LogP contribution in [0.25, 0.3) is 0 Å². The molecular weight excluding hydrogens is 438 g/mol. The van der Waals surface area contributed by atoms with E-state index in [9.17, 15) is 18.0 Å². The lowest BCUT2D eigenvalue weighted by Crippen LogP contribution is -2.43. The Morgan fingerprint density at radius 2 is 1.67 bits per heavy atom. The molecule has 2 aromatic carbocycles. The van der Waals surface area contributed by atoms with E-state index in [4.69, 9.17) is 0 Å². The number of amides is 2. The predicted molar refractivity (Wildman–Crippen MR) is 129 cm³/mol. The summed E-state index contributed by atoms with van der Waals surface area (Å²) in [5.74, 6) is -0.328. The first-order chi connectivity index (χ1) is 15.6. The summed E-state index contributed by atoms with van der Waals surface area (Å²) >= 11 is 0. The molecule has 8 heteroatoms. The number of hydrogen-bond donors (Lipinski definition) is 2. The topological polar surface area (TPSA) is 95.6 Å². The zero-order valence-electron chi connectivity index (χ0n) is 19.7. The number of carbonyl (C=O) groups excluding carboxylic acids is 2. The molecule has 2 aromatic rings. The van der Waals surface area contributed by atoms with Crippen molar-refractivity contribution in [1.82, 2.24) is 9.62 Å². The zero-order chi connectivity index (χ0) is 24.2. The van der Waals surface area contributed by atoms with Gasteiger partial charge < -0.3 is 10.6 Å². The molecule has 2 amide bonds. The number of nitrogens with one attached hydrogen (secondary N) is 2. The molecule has 0 saturated carbocycles. The first kappa shape index (κ1) is 24.9. The summed E-state index contributed by atoms with van der Waals surface area (Å²) in [7, 11) is -3.56. The minimum absolute atomic E-state index is 0.0463. The summed E-state index contributed by atoms with van der Waals surface area (Å²) in [4.78, 5) is 24.6. The number of piperidine rings is 1. The Morgan fingerprint density at radius 3 is 2.24 bits per heavy atom. The highest BCUT2D eigenvalue weighted by molar-refractivity contribution is 7.89. The second kappa shape index (κ2) is 10.5. The fourth-order valence-electron chi connectivity index (χ4n) is 3.90. The second-order valence-corrected chi connectivity index (χ2v) is 10.6. The van der Waals surface area contributed by atoms with Gasteiger partial charge in [-0.3, -0.25) is 9.59 Å². The lowest BCUT2D eigenvalue weighted by atomic mass is 9.96. The van der Waals surface area contributed by atoms with Crippen LogP contribution in [0, 0.1) is 19.8 Å². The Bertz CT molecular complexity index is 1100. The van der Waals surface area contributed by atoms with E-state index in [1.165, 1.54) is 4.31 Å². The average molecular weight is 472 g/mol. The Kier molecular flexibility index (Phi) is 7.92. The third-order valence-electron chi connectivity index (χ3n) is 6.32. The average Bonchev–Trinajstić information content (AvgIpc) is 2.81. The molecule has 1 atom stereocenters. The highest BCUT2D eigenvalue weighted by atomic mass is 32.2. The van der Waals surface area contributed by atoms with Gasteiger partial charge in [0, 0.05) is 31.1 Å². The molecule has 0 bridgehead atoms. The van der Waals surface area contributed by atoms with Gasteiger partial charge in [0.1, 0.15) is 0 Å². The summed E-state index contributed by atoms with van der Waals surface area (Å²) in [5, 5.41) is 5.85. The largest absolute Gasteiger partial charge is 0.349 e. The number of hydrogen-bond acceptors (Lipinski definition) is 4. The number of anilines is 1. The van der Waals surface area contributed by atoms with E-state index < -0.39 is 10.0 Å². The summed E-state index contributed by atoms with van der Waals surface area (Å²) in [5.41, 5.74) is 3.66. The monoisotopic (exact) mass is 471 g/mol. The van der Waals surface area contributed by atoms with Crippen LogP contribution in [0.15, 0.2) is 47.4 Å². The molecule has 0 spiro atoms. The Balaban J connectivity index is 1.55. The second-order valence-electron chi connectivity index (χ2n) is 8.68. The van der Waals surface area contributed by atoms with Gasteiger partial charge in [0.2, 0.25) is 21.8 Å². The Hall–Kier alpha value is -2.71. The van der Waals surface area contributed by atoms with Crippen molar-refractivity contribution in [3.8, 4) is 0 Å². The lowest BCUT2D eigenvalue weighted by molar-refractivity contribution is -0.126. The highest BCUT2D eigenvalue weighted by Crippen LogP contribution is 2.26. The van der Waals surface area contributed by atoms with Crippen molar-refractivity contribution < 1.29 is 18.0 Å². The zero-order valence-corrected chi connectivity index (χ0v) is 20.5. The van der Waals surface area contributed by atoms with E-state index in [0.717, 1.165) is 22.4 Å². The van der Waals surface area contributed by atoms with Gasteiger partial charge in [-0.05, 0) is 74.6 Å². The molecule has 178 valence electrons. The molecule has 1 saturated heterocycles. The third-order valence-corrected chi connectivity index (χ3v) is 8.21. The molecule has 1 unspecified atom stereocenters. The molecule has 0 aliphatic carbocycles. The summed E-state index contributed by atoms with van der Waals surface area (Å²) in [6, 6.07) is 12.4. The van der Waals surface area contributed by atoms with Crippen molar-refractivity contribution in [1.29, 1.82) is 0 Å². The molecule has 33 heavy (non-hydrogen) atoms. The Morgan fingerprint density at radius 1 is 1.03 bits per heavy atom. The smallest absolute Gasteiger partial charge is 0.243 e. The van der Waals surface area contributed by atoms with Crippen LogP contribution in [0.3, 0.4) is 0 Å². The lowest BCUT2D eigenvalue weighted by Gasteiger charge is -2.31. The van der Waals surface area contributed by atoms with E-state index in [-0.39, 0.29) is 23.8 Å². The number of nitrogens with zero attached hydrogens (tertiary/aromatic N) is 1. The first-order valence-electron chi connectivity index (χ1n) is 11.4. The van der Waals surface area contributed by atoms with Gasteiger partial charge in [-0.25, -0.2) is 8.42 Å². The Labute approximate surface area is 196 Å². The van der Waals surface area contributed by atoms with Crippen molar-refractivity contribution in [3.05, 3.63) is 59.2 Å². The number of sulfonamides is 1. The van der Waals surface area contributed by atoms with Crippen LogP contribution in [0.4, 0.5) is 5.69 Å². The quantitative estimate of drug-likeness (QED) is 0.640. The first-order valence-corrected chi connectivity index (χ1v) is 12.8. The molecule has 1 fully saturated rings. The summed E-state index contributed by atoms with van der Waals surface area (Å²) < 4.78 is 27.5. The predicted octanol–water partition coefficient (Wildman–Crippen LogP) is 3.93. The van der Waals surface area contributed by atoms with Crippen LogP contribution >= 0.6 is 0 Å². The molecule has 0 aromatic heterocycles. The van der Waals surface area contributed by atoms with Gasteiger partial charge in [-0.2, -0.15) is 4.31 Å². The highest BCUT2D eigenvalue weighted by Gasteiger charge is 2.32. The normalized spacial score (nSPS) is 16.2. The van der Waals surface area contributed by atoms with Crippen LogP contribution < -0.4 is 10.6 Å². The van der Waals surface area contributed by atoms with Crippen molar-refractivity contribution in [2.45, 2.75) is 57.9 Å². The van der Waals surface area contributed by atoms with Gasteiger partial charge in [0.25, 0.3) is 0 Å². The maximum Gasteiger partial charge on any atom is 0.243 e. The number of rotatable bonds is 7. The van der Waals surface area contributed by atoms with Crippen molar-refractivity contribution in [2.75, 3.05) is 18.4 Å². The van der Waals surface area contributed by atoms with Crippen LogP contribution in [0.2, 0.25) is 0 Å². The fraction of sp³-hybridized carbons (Fsp3) is 0.440. The molecule has 1 aliphatic rings. The standard InChI is InChI=1S/C25H33N3O4S/c1-5-24(29)27-22-9-7-20(8-10-22)19(4)26-25(30)21-12-14-28(15-13-21)33(31,32)23-11-6-17(2)18(3)16-23/h6-11,16,19,21H,5,12-15H2,1-4H3,(H,26,30)(H,27,29). The van der Waals surface area contributed by atoms with Gasteiger partial charge >= 0.3 is 0 Å². The number of aryl methyl sites for hydroxylation is 2. The molecule has 1 aliphatic heterocycles. The molecule has 0 radical (unpaired) electrons. The van der Waals surface area contributed by atoms with Crippen LogP contribution in [0.1, 0.15) is 55.8 Å². The van der Waals surface area contributed by atoms with Crippen LogP contribution in [0.5, 0.6) is 0 Å². The van der Waals surface area contributed by atoms with E-state index in [0.29, 0.717) is 37.2 Å². The van der Waals surface area contributed by atoms with Crippen LogP contribution in [-0.4, -0.2) is 37.6 Å². The summed E-state index contributed by atoms with van der Waals surface area (Å²) in [6.07, 6.45) is 1.40. The van der Waals surface area contributed by atoms with Crippen molar-refractivity contribution in [3.63, 3.8) is 0 Å². The summed E-state index contributed by atoms with van der Waals surface area (Å²) in [6.45, 7) is 8.22. The van der Waals surface area contributed by atoms with Crippen molar-refractivity contribution in [2.24, 2.45) is 5.92 Å². The molecule has 2 N–H and O–H groups in total. The van der Waals surface area contributed by atoms with Gasteiger partial charge in [0.05, 0.1) is 10.9 Å². The fourth-order valence-corrected chi connectivity index (χ4v) is 5.46. The van der Waals surface area contributed by atoms with E-state index in [1.54, 1.807) is 19.1 Å². The molecule has 7 nitrogen and oxygen atoms in total. The van der Waals surface area contributed by atoms with Gasteiger partial charge in [-0.15, -0.1) is 0 Å².